The molecule has 0 radical (unpaired) electrons. The predicted molar refractivity (Wildman–Crippen MR) is 92.6 cm³/mol. The number of piperidine rings is 1. The molecule has 1 atom stereocenters. The van der Waals surface area contributed by atoms with E-state index in [9.17, 15) is 9.18 Å². The second kappa shape index (κ2) is 6.11. The molecule has 24 heavy (non-hydrogen) atoms. The third kappa shape index (κ3) is 2.80. The molecule has 0 saturated carbocycles. The summed E-state index contributed by atoms with van der Waals surface area (Å²) in [4.78, 5) is 18.0. The van der Waals surface area contributed by atoms with Crippen molar-refractivity contribution in [2.75, 3.05) is 13.1 Å². The molecule has 0 bridgehead atoms. The average Bonchev–Trinajstić information content (AvgIpc) is 3.06. The molecule has 1 unspecified atom stereocenters. The summed E-state index contributed by atoms with van der Waals surface area (Å²) in [5, 5.41) is 1.20. The highest BCUT2D eigenvalue weighted by atomic mass is 19.1. The number of rotatable bonds is 2. The fourth-order valence-corrected chi connectivity index (χ4v) is 3.51. The highest BCUT2D eigenvalue weighted by Gasteiger charge is 2.26. The molecule has 1 N–H and O–H groups in total. The minimum Gasteiger partial charge on any atom is -0.358 e. The van der Waals surface area contributed by atoms with Crippen LogP contribution in [0.15, 0.2) is 54.6 Å². The van der Waals surface area contributed by atoms with Crippen LogP contribution in [0, 0.1) is 5.82 Å². The lowest BCUT2D eigenvalue weighted by Gasteiger charge is -2.32. The van der Waals surface area contributed by atoms with Gasteiger partial charge in [-0.2, -0.15) is 0 Å². The molecule has 122 valence electrons. The molecule has 2 aromatic carbocycles. The van der Waals surface area contributed by atoms with E-state index in [1.54, 1.807) is 12.1 Å². The van der Waals surface area contributed by atoms with Gasteiger partial charge in [0.1, 0.15) is 5.82 Å². The van der Waals surface area contributed by atoms with Gasteiger partial charge in [-0.05, 0) is 54.6 Å². The Balaban J connectivity index is 1.54. The Morgan fingerprint density at radius 3 is 2.71 bits per heavy atom. The lowest BCUT2D eigenvalue weighted by Crippen LogP contribution is -2.39. The fraction of sp³-hybridized carbons (Fsp3) is 0.250. The molecule has 4 rings (SSSR count). The summed E-state index contributed by atoms with van der Waals surface area (Å²) >= 11 is 0. The molecule has 4 heteroatoms. The van der Waals surface area contributed by atoms with Gasteiger partial charge in [0.25, 0.3) is 5.91 Å². The van der Waals surface area contributed by atoms with Gasteiger partial charge >= 0.3 is 0 Å². The van der Waals surface area contributed by atoms with E-state index >= 15 is 0 Å². The van der Waals surface area contributed by atoms with Gasteiger partial charge in [0.2, 0.25) is 0 Å². The van der Waals surface area contributed by atoms with Gasteiger partial charge in [0.05, 0.1) is 0 Å². The highest BCUT2D eigenvalue weighted by molar-refractivity contribution is 5.94. The van der Waals surface area contributed by atoms with Crippen LogP contribution < -0.4 is 0 Å². The van der Waals surface area contributed by atoms with Crippen molar-refractivity contribution in [1.29, 1.82) is 0 Å². The van der Waals surface area contributed by atoms with E-state index < -0.39 is 0 Å². The number of likely N-dealkylation sites (tertiary alicyclic amines) is 1. The Labute approximate surface area is 140 Å². The summed E-state index contributed by atoms with van der Waals surface area (Å²) in [6.07, 6.45) is 2.05. The molecule has 1 fully saturated rings. The Kier molecular flexibility index (Phi) is 3.81. The molecule has 0 aliphatic carbocycles. The molecule has 1 saturated heterocycles. The van der Waals surface area contributed by atoms with E-state index in [0.717, 1.165) is 24.9 Å². The van der Waals surface area contributed by atoms with Gasteiger partial charge in [-0.15, -0.1) is 0 Å². The number of benzene rings is 2. The summed E-state index contributed by atoms with van der Waals surface area (Å²) in [6.45, 7) is 1.45. The van der Waals surface area contributed by atoms with E-state index in [1.807, 2.05) is 17.0 Å². The first-order valence-electron chi connectivity index (χ1n) is 8.33. The number of aromatic amines is 1. The van der Waals surface area contributed by atoms with Crippen LogP contribution in [0.2, 0.25) is 0 Å². The average molecular weight is 322 g/mol. The number of nitrogens with one attached hydrogen (secondary N) is 1. The van der Waals surface area contributed by atoms with Gasteiger partial charge in [0.15, 0.2) is 0 Å². The standard InChI is InChI=1S/C20H19FN2O/c21-17-9-7-14(8-10-17)20(24)23-11-3-5-16(13-23)19-12-15-4-1-2-6-18(15)22-19/h1-2,4,6-10,12,16,22H,3,5,11,13H2. The van der Waals surface area contributed by atoms with E-state index in [1.165, 1.54) is 23.2 Å². The highest BCUT2D eigenvalue weighted by Crippen LogP contribution is 2.29. The predicted octanol–water partition coefficient (Wildman–Crippen LogP) is 4.33. The third-order valence-corrected chi connectivity index (χ3v) is 4.79. The molecular formula is C20H19FN2O. The molecule has 1 amide bonds. The van der Waals surface area contributed by atoms with Crippen LogP contribution in [0.25, 0.3) is 10.9 Å². The van der Waals surface area contributed by atoms with Crippen LogP contribution in [0.4, 0.5) is 4.39 Å². The van der Waals surface area contributed by atoms with Crippen molar-refractivity contribution >= 4 is 16.8 Å². The Morgan fingerprint density at radius 1 is 1.12 bits per heavy atom. The van der Waals surface area contributed by atoms with Crippen molar-refractivity contribution < 1.29 is 9.18 Å². The number of hydrogen-bond acceptors (Lipinski definition) is 1. The van der Waals surface area contributed by atoms with Crippen LogP contribution in [0.1, 0.15) is 34.8 Å². The van der Waals surface area contributed by atoms with E-state index in [-0.39, 0.29) is 11.7 Å². The number of nitrogens with zero attached hydrogens (tertiary/aromatic N) is 1. The zero-order valence-corrected chi connectivity index (χ0v) is 13.3. The number of carbonyl (C=O) groups excluding carboxylic acids is 1. The summed E-state index contributed by atoms with van der Waals surface area (Å²) in [6, 6.07) is 16.2. The summed E-state index contributed by atoms with van der Waals surface area (Å²) in [5.74, 6) is -0.0208. The van der Waals surface area contributed by atoms with Crippen LogP contribution in [0.5, 0.6) is 0 Å². The minimum atomic E-state index is -0.318. The lowest BCUT2D eigenvalue weighted by molar-refractivity contribution is 0.0706. The maximum Gasteiger partial charge on any atom is 0.253 e. The first kappa shape index (κ1) is 14.9. The van der Waals surface area contributed by atoms with Gasteiger partial charge in [0, 0.05) is 35.8 Å². The van der Waals surface area contributed by atoms with Crippen LogP contribution in [-0.2, 0) is 0 Å². The molecular weight excluding hydrogens is 303 g/mol. The molecule has 0 spiro atoms. The molecule has 1 aliphatic heterocycles. The van der Waals surface area contributed by atoms with E-state index in [0.29, 0.717) is 18.0 Å². The van der Waals surface area contributed by atoms with Gasteiger partial charge in [-0.25, -0.2) is 4.39 Å². The van der Waals surface area contributed by atoms with Crippen molar-refractivity contribution in [2.24, 2.45) is 0 Å². The maximum atomic E-state index is 13.0. The minimum absolute atomic E-state index is 0.0178. The lowest BCUT2D eigenvalue weighted by atomic mass is 9.94. The molecule has 3 nitrogen and oxygen atoms in total. The number of amides is 1. The van der Waals surface area contributed by atoms with Crippen molar-refractivity contribution in [1.82, 2.24) is 9.88 Å². The van der Waals surface area contributed by atoms with Crippen molar-refractivity contribution in [3.8, 4) is 0 Å². The topological polar surface area (TPSA) is 36.1 Å². The largest absolute Gasteiger partial charge is 0.358 e. The first-order valence-corrected chi connectivity index (χ1v) is 8.33. The normalized spacial score (nSPS) is 18.0. The zero-order chi connectivity index (χ0) is 16.5. The quantitative estimate of drug-likeness (QED) is 0.749. The summed E-state index contributed by atoms with van der Waals surface area (Å²) < 4.78 is 13.0. The zero-order valence-electron chi connectivity index (χ0n) is 13.3. The van der Waals surface area contributed by atoms with E-state index in [4.69, 9.17) is 0 Å². The fourth-order valence-electron chi connectivity index (χ4n) is 3.51. The number of hydrogen-bond donors (Lipinski definition) is 1. The van der Waals surface area contributed by atoms with E-state index in [2.05, 4.69) is 23.2 Å². The SMILES string of the molecule is O=C(c1ccc(F)cc1)N1CCCC(c2cc3ccccc3[nH]2)C1. The number of aromatic nitrogens is 1. The first-order chi connectivity index (χ1) is 11.7. The number of para-hydroxylation sites is 1. The number of carbonyl (C=O) groups is 1. The second-order valence-electron chi connectivity index (χ2n) is 6.41. The van der Waals surface area contributed by atoms with Gasteiger partial charge in [-0.1, -0.05) is 18.2 Å². The monoisotopic (exact) mass is 322 g/mol. The van der Waals surface area contributed by atoms with Gasteiger partial charge < -0.3 is 9.88 Å². The Hall–Kier alpha value is -2.62. The number of fused-ring (bicyclic) bond motifs is 1. The van der Waals surface area contributed by atoms with Crippen molar-refractivity contribution in [2.45, 2.75) is 18.8 Å². The molecule has 2 heterocycles. The van der Waals surface area contributed by atoms with Crippen LogP contribution in [0.3, 0.4) is 0 Å². The second-order valence-corrected chi connectivity index (χ2v) is 6.41. The third-order valence-electron chi connectivity index (χ3n) is 4.79. The number of halogens is 1. The maximum absolute atomic E-state index is 13.0. The van der Waals surface area contributed by atoms with Crippen LogP contribution >= 0.6 is 0 Å². The molecule has 1 aliphatic rings. The van der Waals surface area contributed by atoms with Gasteiger partial charge in [-0.3, -0.25) is 4.79 Å². The number of H-pyrrole nitrogens is 1. The summed E-state index contributed by atoms with van der Waals surface area (Å²) in [5.41, 5.74) is 2.87. The van der Waals surface area contributed by atoms with Crippen molar-refractivity contribution in [3.63, 3.8) is 0 Å². The summed E-state index contributed by atoms with van der Waals surface area (Å²) in [7, 11) is 0. The molecule has 1 aromatic heterocycles. The Bertz CT molecular complexity index is 836. The molecule has 3 aromatic rings. The smallest absolute Gasteiger partial charge is 0.253 e. The van der Waals surface area contributed by atoms with Crippen LogP contribution in [-0.4, -0.2) is 28.9 Å². The van der Waals surface area contributed by atoms with Crippen molar-refractivity contribution in [3.05, 3.63) is 71.7 Å². The Morgan fingerprint density at radius 2 is 1.92 bits per heavy atom.